The summed E-state index contributed by atoms with van der Waals surface area (Å²) in [6.07, 6.45) is 0. The first-order valence-corrected chi connectivity index (χ1v) is 9.21. The summed E-state index contributed by atoms with van der Waals surface area (Å²) in [6, 6.07) is 9.67. The molecule has 0 atom stereocenters. The van der Waals surface area contributed by atoms with E-state index in [4.69, 9.17) is 21.1 Å². The molecule has 1 amide bonds. The third-order valence-electron chi connectivity index (χ3n) is 4.52. The Morgan fingerprint density at radius 3 is 2.41 bits per heavy atom. The standard InChI is InChI=1S/C20H22ClFN2O3/c1-3-27-19-17(21)12-14(13-18(19)26-2)20(25)24-10-8-23(9-11-24)16-6-4-15(22)5-7-16/h4-7,12-13H,3,8-11H2,1-2H3. The van der Waals surface area contributed by atoms with Gasteiger partial charge in [0, 0.05) is 37.4 Å². The van der Waals surface area contributed by atoms with Crippen LogP contribution in [0, 0.1) is 5.82 Å². The Balaban J connectivity index is 1.70. The predicted octanol–water partition coefficient (Wildman–Crippen LogP) is 3.85. The maximum atomic E-state index is 13.1. The molecule has 0 radical (unpaired) electrons. The second kappa shape index (κ2) is 8.48. The van der Waals surface area contributed by atoms with Crippen molar-refractivity contribution < 1.29 is 18.7 Å². The monoisotopic (exact) mass is 392 g/mol. The van der Waals surface area contributed by atoms with Crippen molar-refractivity contribution in [2.75, 3.05) is 44.8 Å². The van der Waals surface area contributed by atoms with Gasteiger partial charge in [-0.15, -0.1) is 0 Å². The van der Waals surface area contributed by atoms with E-state index in [1.54, 1.807) is 29.2 Å². The van der Waals surface area contributed by atoms with E-state index in [2.05, 4.69) is 4.90 Å². The molecule has 0 aliphatic carbocycles. The average Bonchev–Trinajstić information content (AvgIpc) is 2.69. The molecule has 1 heterocycles. The lowest BCUT2D eigenvalue weighted by molar-refractivity contribution is 0.0746. The van der Waals surface area contributed by atoms with Gasteiger partial charge in [-0.2, -0.15) is 0 Å². The van der Waals surface area contributed by atoms with Gasteiger partial charge in [0.25, 0.3) is 5.91 Å². The van der Waals surface area contributed by atoms with Crippen molar-refractivity contribution in [3.8, 4) is 11.5 Å². The van der Waals surface area contributed by atoms with Gasteiger partial charge in [-0.3, -0.25) is 4.79 Å². The Labute approximate surface area is 163 Å². The zero-order valence-corrected chi connectivity index (χ0v) is 16.1. The van der Waals surface area contributed by atoms with Gasteiger partial charge in [0.15, 0.2) is 11.5 Å². The number of carbonyl (C=O) groups excluding carboxylic acids is 1. The Bertz CT molecular complexity index is 806. The molecule has 0 N–H and O–H groups in total. The molecule has 1 aliphatic rings. The van der Waals surface area contributed by atoms with Gasteiger partial charge >= 0.3 is 0 Å². The van der Waals surface area contributed by atoms with Crippen LogP contribution in [0.5, 0.6) is 11.5 Å². The van der Waals surface area contributed by atoms with Crippen molar-refractivity contribution in [3.63, 3.8) is 0 Å². The van der Waals surface area contributed by atoms with Crippen molar-refractivity contribution in [1.29, 1.82) is 0 Å². The molecule has 0 bridgehead atoms. The normalized spacial score (nSPS) is 14.2. The highest BCUT2D eigenvalue weighted by molar-refractivity contribution is 6.32. The van der Waals surface area contributed by atoms with Crippen LogP contribution >= 0.6 is 11.6 Å². The van der Waals surface area contributed by atoms with Gasteiger partial charge in [-0.05, 0) is 43.3 Å². The molecule has 1 fully saturated rings. The molecule has 2 aromatic carbocycles. The number of hydrogen-bond acceptors (Lipinski definition) is 4. The van der Waals surface area contributed by atoms with E-state index in [1.807, 2.05) is 6.92 Å². The fourth-order valence-electron chi connectivity index (χ4n) is 3.13. The number of rotatable bonds is 5. The zero-order valence-electron chi connectivity index (χ0n) is 15.4. The van der Waals surface area contributed by atoms with Crippen LogP contribution in [0.15, 0.2) is 36.4 Å². The summed E-state index contributed by atoms with van der Waals surface area (Å²) in [7, 11) is 1.52. The second-order valence-electron chi connectivity index (χ2n) is 6.18. The SMILES string of the molecule is CCOc1c(Cl)cc(C(=O)N2CCN(c3ccc(F)cc3)CC2)cc1OC. The molecular formula is C20H22ClFN2O3. The van der Waals surface area contributed by atoms with Crippen LogP contribution in [0.1, 0.15) is 17.3 Å². The lowest BCUT2D eigenvalue weighted by Gasteiger charge is -2.36. The van der Waals surface area contributed by atoms with Gasteiger partial charge in [0.05, 0.1) is 18.7 Å². The van der Waals surface area contributed by atoms with Crippen LogP contribution in [0.3, 0.4) is 0 Å². The Kier molecular flexibility index (Phi) is 6.06. The molecule has 144 valence electrons. The molecular weight excluding hydrogens is 371 g/mol. The van der Waals surface area contributed by atoms with E-state index in [0.717, 1.165) is 5.69 Å². The number of benzene rings is 2. The molecule has 27 heavy (non-hydrogen) atoms. The van der Waals surface area contributed by atoms with Crippen LogP contribution in [0.4, 0.5) is 10.1 Å². The first kappa shape index (κ1) is 19.3. The molecule has 1 saturated heterocycles. The number of ether oxygens (including phenoxy) is 2. The minimum absolute atomic E-state index is 0.1000. The first-order valence-electron chi connectivity index (χ1n) is 8.83. The molecule has 2 aromatic rings. The Hall–Kier alpha value is -2.47. The van der Waals surface area contributed by atoms with E-state index < -0.39 is 0 Å². The van der Waals surface area contributed by atoms with Crippen LogP contribution in [0.2, 0.25) is 5.02 Å². The maximum Gasteiger partial charge on any atom is 0.254 e. The molecule has 0 saturated carbocycles. The molecule has 0 unspecified atom stereocenters. The highest BCUT2D eigenvalue weighted by Gasteiger charge is 2.24. The van der Waals surface area contributed by atoms with Crippen molar-refractivity contribution in [2.24, 2.45) is 0 Å². The van der Waals surface area contributed by atoms with Crippen molar-refractivity contribution in [1.82, 2.24) is 4.90 Å². The molecule has 1 aliphatic heterocycles. The summed E-state index contributed by atoms with van der Waals surface area (Å²) in [5, 5.41) is 0.351. The molecule has 5 nitrogen and oxygen atoms in total. The van der Waals surface area contributed by atoms with Gasteiger partial charge in [-0.1, -0.05) is 11.6 Å². The van der Waals surface area contributed by atoms with Crippen molar-refractivity contribution in [2.45, 2.75) is 6.92 Å². The Morgan fingerprint density at radius 1 is 1.15 bits per heavy atom. The highest BCUT2D eigenvalue weighted by Crippen LogP contribution is 2.36. The van der Waals surface area contributed by atoms with Crippen LogP contribution < -0.4 is 14.4 Å². The van der Waals surface area contributed by atoms with Crippen LogP contribution in [-0.4, -0.2) is 50.7 Å². The summed E-state index contributed by atoms with van der Waals surface area (Å²) < 4.78 is 23.9. The maximum absolute atomic E-state index is 13.1. The van der Waals surface area contributed by atoms with Crippen LogP contribution in [0.25, 0.3) is 0 Å². The van der Waals surface area contributed by atoms with E-state index in [0.29, 0.717) is 54.9 Å². The van der Waals surface area contributed by atoms with E-state index in [1.165, 1.54) is 19.2 Å². The molecule has 3 rings (SSSR count). The smallest absolute Gasteiger partial charge is 0.254 e. The number of methoxy groups -OCH3 is 1. The minimum Gasteiger partial charge on any atom is -0.493 e. The zero-order chi connectivity index (χ0) is 19.4. The number of piperazine rings is 1. The van der Waals surface area contributed by atoms with Gasteiger partial charge in [0.2, 0.25) is 0 Å². The first-order chi connectivity index (χ1) is 13.0. The number of hydrogen-bond donors (Lipinski definition) is 0. The van der Waals surface area contributed by atoms with E-state index in [-0.39, 0.29) is 11.7 Å². The summed E-state index contributed by atoms with van der Waals surface area (Å²) in [6.45, 7) is 4.81. The topological polar surface area (TPSA) is 42.0 Å². The fourth-order valence-corrected chi connectivity index (χ4v) is 3.40. The summed E-state index contributed by atoms with van der Waals surface area (Å²) >= 11 is 6.28. The molecule has 7 heteroatoms. The van der Waals surface area contributed by atoms with Gasteiger partial charge < -0.3 is 19.3 Å². The lowest BCUT2D eigenvalue weighted by Crippen LogP contribution is -2.48. The summed E-state index contributed by atoms with van der Waals surface area (Å²) in [4.78, 5) is 16.8. The van der Waals surface area contributed by atoms with Crippen LogP contribution in [-0.2, 0) is 0 Å². The molecule has 0 aromatic heterocycles. The molecule has 0 spiro atoms. The third kappa shape index (κ3) is 4.27. The summed E-state index contributed by atoms with van der Waals surface area (Å²) in [5.41, 5.74) is 1.42. The number of carbonyl (C=O) groups is 1. The average molecular weight is 393 g/mol. The predicted molar refractivity (Wildman–Crippen MR) is 104 cm³/mol. The number of amides is 1. The second-order valence-corrected chi connectivity index (χ2v) is 6.59. The largest absolute Gasteiger partial charge is 0.493 e. The number of anilines is 1. The fraction of sp³-hybridized carbons (Fsp3) is 0.350. The van der Waals surface area contributed by atoms with Gasteiger partial charge in [0.1, 0.15) is 5.82 Å². The number of halogens is 2. The highest BCUT2D eigenvalue weighted by atomic mass is 35.5. The Morgan fingerprint density at radius 2 is 1.81 bits per heavy atom. The number of nitrogens with zero attached hydrogens (tertiary/aromatic N) is 2. The van der Waals surface area contributed by atoms with Gasteiger partial charge in [-0.25, -0.2) is 4.39 Å². The van der Waals surface area contributed by atoms with Crippen molar-refractivity contribution in [3.05, 3.63) is 52.8 Å². The van der Waals surface area contributed by atoms with Crippen molar-refractivity contribution >= 4 is 23.2 Å². The van der Waals surface area contributed by atoms with E-state index in [9.17, 15) is 9.18 Å². The minimum atomic E-state index is -0.256. The lowest BCUT2D eigenvalue weighted by atomic mass is 10.1. The quantitative estimate of drug-likeness (QED) is 0.775. The van der Waals surface area contributed by atoms with E-state index >= 15 is 0 Å². The summed E-state index contributed by atoms with van der Waals surface area (Å²) in [5.74, 6) is 0.530. The third-order valence-corrected chi connectivity index (χ3v) is 4.80.